The number of pyridine rings is 1. The fraction of sp³-hybridized carbons (Fsp3) is 0.417. The van der Waals surface area contributed by atoms with Crippen LogP contribution in [0.1, 0.15) is 32.9 Å². The maximum Gasteiger partial charge on any atom is 0.439 e. The van der Waals surface area contributed by atoms with Crippen LogP contribution in [0.2, 0.25) is 0 Å². The normalized spacial score (nSPS) is 11.9. The number of fused-ring (bicyclic) bond motifs is 1. The molecule has 0 aromatic carbocycles. The highest BCUT2D eigenvalue weighted by Crippen LogP contribution is 2.29. The first-order chi connectivity index (χ1) is 7.54. The third-order valence-electron chi connectivity index (χ3n) is 2.96. The second-order valence-corrected chi connectivity index (χ2v) is 4.44. The zero-order valence-electron chi connectivity index (χ0n) is 9.65. The zero-order chi connectivity index (χ0) is 11.8. The minimum atomic E-state index is -0.558. The van der Waals surface area contributed by atoms with E-state index in [1.165, 1.54) is 0 Å². The van der Waals surface area contributed by atoms with Crippen LogP contribution in [0.25, 0.3) is 11.0 Å². The van der Waals surface area contributed by atoms with E-state index in [2.05, 4.69) is 30.7 Å². The zero-order valence-corrected chi connectivity index (χ0v) is 9.65. The van der Waals surface area contributed by atoms with Gasteiger partial charge in [-0.3, -0.25) is 4.98 Å². The standard InChI is InChI=1S/C12H14N2O2/c1-4-12(2,3)10-8-5-6-13-7-9(8)16-11(15)14-10/h5-7H,4H2,1-3H3. The lowest BCUT2D eigenvalue weighted by molar-refractivity contribution is 0.463. The summed E-state index contributed by atoms with van der Waals surface area (Å²) in [6.07, 6.45) is 4.13. The minimum Gasteiger partial charge on any atom is -0.406 e. The molecule has 2 rings (SSSR count). The highest BCUT2D eigenvalue weighted by atomic mass is 16.4. The molecule has 0 amide bonds. The van der Waals surface area contributed by atoms with Gasteiger partial charge in [0, 0.05) is 17.0 Å². The summed E-state index contributed by atoms with van der Waals surface area (Å²) in [6, 6.07) is 1.83. The first-order valence-corrected chi connectivity index (χ1v) is 5.30. The van der Waals surface area contributed by atoms with Crippen molar-refractivity contribution < 1.29 is 4.42 Å². The van der Waals surface area contributed by atoms with E-state index in [9.17, 15) is 4.79 Å². The van der Waals surface area contributed by atoms with Crippen LogP contribution < -0.4 is 5.76 Å². The van der Waals surface area contributed by atoms with Gasteiger partial charge in [0.15, 0.2) is 5.58 Å². The molecule has 2 heterocycles. The summed E-state index contributed by atoms with van der Waals surface area (Å²) in [4.78, 5) is 19.3. The summed E-state index contributed by atoms with van der Waals surface area (Å²) in [5, 5.41) is 0.862. The third kappa shape index (κ3) is 1.71. The van der Waals surface area contributed by atoms with Crippen LogP contribution in [-0.4, -0.2) is 9.97 Å². The first-order valence-electron chi connectivity index (χ1n) is 5.30. The molecule has 0 saturated carbocycles. The fourth-order valence-electron chi connectivity index (χ4n) is 1.61. The van der Waals surface area contributed by atoms with Crippen LogP contribution >= 0.6 is 0 Å². The molecule has 2 aromatic heterocycles. The molecule has 84 valence electrons. The van der Waals surface area contributed by atoms with E-state index in [-0.39, 0.29) is 5.41 Å². The van der Waals surface area contributed by atoms with Crippen molar-refractivity contribution in [1.29, 1.82) is 0 Å². The molecule has 4 nitrogen and oxygen atoms in total. The van der Waals surface area contributed by atoms with Gasteiger partial charge in [-0.25, -0.2) is 4.79 Å². The molecule has 0 aliphatic carbocycles. The molecule has 0 atom stereocenters. The Labute approximate surface area is 93.3 Å². The summed E-state index contributed by atoms with van der Waals surface area (Å²) in [6.45, 7) is 6.20. The molecule has 4 heteroatoms. The van der Waals surface area contributed by atoms with Crippen LogP contribution in [0.5, 0.6) is 0 Å². The highest BCUT2D eigenvalue weighted by Gasteiger charge is 2.23. The van der Waals surface area contributed by atoms with Crippen molar-refractivity contribution in [3.63, 3.8) is 0 Å². The lowest BCUT2D eigenvalue weighted by Crippen LogP contribution is -2.22. The Bertz CT molecular complexity index is 572. The Morgan fingerprint density at radius 1 is 1.44 bits per heavy atom. The van der Waals surface area contributed by atoms with E-state index < -0.39 is 5.76 Å². The van der Waals surface area contributed by atoms with Crippen LogP contribution in [0.4, 0.5) is 0 Å². The fourth-order valence-corrected chi connectivity index (χ4v) is 1.61. The van der Waals surface area contributed by atoms with E-state index in [4.69, 9.17) is 4.42 Å². The minimum absolute atomic E-state index is 0.143. The second kappa shape index (κ2) is 3.70. The second-order valence-electron chi connectivity index (χ2n) is 4.44. The molecular weight excluding hydrogens is 204 g/mol. The lowest BCUT2D eigenvalue weighted by Gasteiger charge is -2.22. The van der Waals surface area contributed by atoms with Gasteiger partial charge >= 0.3 is 5.76 Å². The molecule has 0 radical (unpaired) electrons. The summed E-state index contributed by atoms with van der Waals surface area (Å²) < 4.78 is 5.01. The quantitative estimate of drug-likeness (QED) is 0.775. The molecule has 0 aliphatic heterocycles. The summed E-state index contributed by atoms with van der Waals surface area (Å²) in [7, 11) is 0. The van der Waals surface area contributed by atoms with Crippen LogP contribution in [-0.2, 0) is 5.41 Å². The molecule has 0 spiro atoms. The predicted octanol–water partition coefficient (Wildman–Crippen LogP) is 2.27. The van der Waals surface area contributed by atoms with Gasteiger partial charge in [0.25, 0.3) is 0 Å². The Hall–Kier alpha value is -1.71. The molecule has 16 heavy (non-hydrogen) atoms. The molecule has 2 aromatic rings. The molecule has 0 bridgehead atoms. The highest BCUT2D eigenvalue weighted by molar-refractivity contribution is 5.78. The van der Waals surface area contributed by atoms with E-state index >= 15 is 0 Å². The van der Waals surface area contributed by atoms with Crippen molar-refractivity contribution in [2.75, 3.05) is 0 Å². The topological polar surface area (TPSA) is 56.0 Å². The van der Waals surface area contributed by atoms with Gasteiger partial charge < -0.3 is 4.42 Å². The lowest BCUT2D eigenvalue weighted by atomic mass is 9.84. The maximum atomic E-state index is 11.4. The number of hydrogen-bond acceptors (Lipinski definition) is 4. The number of aromatic nitrogens is 2. The summed E-state index contributed by atoms with van der Waals surface area (Å²) in [5.74, 6) is -0.558. The van der Waals surface area contributed by atoms with Crippen molar-refractivity contribution in [2.24, 2.45) is 0 Å². The van der Waals surface area contributed by atoms with Gasteiger partial charge in [0.2, 0.25) is 0 Å². The number of nitrogens with zero attached hydrogens (tertiary/aromatic N) is 2. The van der Waals surface area contributed by atoms with E-state index in [0.29, 0.717) is 5.58 Å². The van der Waals surface area contributed by atoms with Gasteiger partial charge in [0.1, 0.15) is 0 Å². The number of hydrogen-bond donors (Lipinski definition) is 0. The van der Waals surface area contributed by atoms with Gasteiger partial charge in [-0.2, -0.15) is 4.98 Å². The molecule has 0 aliphatic rings. The Balaban J connectivity index is 2.83. The Kier molecular flexibility index (Phi) is 2.50. The molecule has 0 saturated heterocycles. The SMILES string of the molecule is CCC(C)(C)c1nc(=O)oc2cnccc12. The third-order valence-corrected chi connectivity index (χ3v) is 2.96. The average Bonchev–Trinajstić information content (AvgIpc) is 2.28. The molecule has 0 unspecified atom stereocenters. The van der Waals surface area contributed by atoms with E-state index in [0.717, 1.165) is 17.5 Å². The number of rotatable bonds is 2. The summed E-state index contributed by atoms with van der Waals surface area (Å²) in [5.41, 5.74) is 1.14. The van der Waals surface area contributed by atoms with E-state index in [1.54, 1.807) is 12.4 Å². The predicted molar refractivity (Wildman–Crippen MR) is 61.4 cm³/mol. The van der Waals surface area contributed by atoms with Gasteiger partial charge in [-0.1, -0.05) is 20.8 Å². The van der Waals surface area contributed by atoms with Gasteiger partial charge in [-0.05, 0) is 12.5 Å². The van der Waals surface area contributed by atoms with Crippen LogP contribution in [0, 0.1) is 0 Å². The van der Waals surface area contributed by atoms with Crippen molar-refractivity contribution in [2.45, 2.75) is 32.6 Å². The Morgan fingerprint density at radius 2 is 2.19 bits per heavy atom. The molecular formula is C12H14N2O2. The van der Waals surface area contributed by atoms with E-state index in [1.807, 2.05) is 6.07 Å². The smallest absolute Gasteiger partial charge is 0.406 e. The Morgan fingerprint density at radius 3 is 2.88 bits per heavy atom. The van der Waals surface area contributed by atoms with Gasteiger partial charge in [-0.15, -0.1) is 0 Å². The average molecular weight is 218 g/mol. The van der Waals surface area contributed by atoms with Crippen molar-refractivity contribution in [3.8, 4) is 0 Å². The van der Waals surface area contributed by atoms with Crippen LogP contribution in [0.15, 0.2) is 27.7 Å². The summed E-state index contributed by atoms with van der Waals surface area (Å²) >= 11 is 0. The van der Waals surface area contributed by atoms with Crippen molar-refractivity contribution in [3.05, 3.63) is 34.7 Å². The van der Waals surface area contributed by atoms with Crippen LogP contribution in [0.3, 0.4) is 0 Å². The first kappa shape index (κ1) is 10.8. The van der Waals surface area contributed by atoms with Crippen molar-refractivity contribution >= 4 is 11.0 Å². The molecule has 0 fully saturated rings. The largest absolute Gasteiger partial charge is 0.439 e. The maximum absolute atomic E-state index is 11.4. The van der Waals surface area contributed by atoms with Gasteiger partial charge in [0.05, 0.1) is 11.9 Å². The molecule has 0 N–H and O–H groups in total. The van der Waals surface area contributed by atoms with Crippen molar-refractivity contribution in [1.82, 2.24) is 9.97 Å². The monoisotopic (exact) mass is 218 g/mol.